The van der Waals surface area contributed by atoms with Crippen molar-refractivity contribution in [3.05, 3.63) is 65.7 Å². The molecule has 1 saturated heterocycles. The smallest absolute Gasteiger partial charge is 0.119 e. The van der Waals surface area contributed by atoms with Crippen molar-refractivity contribution in [2.75, 3.05) is 19.7 Å². The predicted molar refractivity (Wildman–Crippen MR) is 92.9 cm³/mol. The minimum absolute atomic E-state index is 0.0185. The largest absolute Gasteiger partial charge is 0.494 e. The molecular formula is C20H25NO2. The van der Waals surface area contributed by atoms with E-state index in [0.29, 0.717) is 12.7 Å². The fourth-order valence-electron chi connectivity index (χ4n) is 3.01. The van der Waals surface area contributed by atoms with Crippen molar-refractivity contribution < 1.29 is 9.47 Å². The number of piperidine rings is 1. The minimum atomic E-state index is -0.0185. The summed E-state index contributed by atoms with van der Waals surface area (Å²) in [5, 5.41) is 3.39. The Hall–Kier alpha value is -1.84. The van der Waals surface area contributed by atoms with Gasteiger partial charge in [0.15, 0.2) is 0 Å². The average Bonchev–Trinajstić information content (AvgIpc) is 2.62. The molecule has 3 nitrogen and oxygen atoms in total. The zero-order valence-corrected chi connectivity index (χ0v) is 13.7. The maximum absolute atomic E-state index is 6.48. The number of ether oxygens (including phenoxy) is 2. The fourth-order valence-corrected chi connectivity index (χ4v) is 3.01. The lowest BCUT2D eigenvalue weighted by Crippen LogP contribution is -2.33. The summed E-state index contributed by atoms with van der Waals surface area (Å²) in [7, 11) is 0. The molecule has 2 aromatic carbocycles. The molecule has 1 atom stereocenters. The molecule has 0 amide bonds. The number of benzene rings is 2. The SMILES string of the molecule is CCOc1ccc(C(OC2CCNCC2)c2ccccc2)cc1. The van der Waals surface area contributed by atoms with Gasteiger partial charge in [-0.2, -0.15) is 0 Å². The Balaban J connectivity index is 1.81. The quantitative estimate of drug-likeness (QED) is 0.876. The summed E-state index contributed by atoms with van der Waals surface area (Å²) in [6.07, 6.45) is 2.43. The first-order valence-corrected chi connectivity index (χ1v) is 8.50. The molecule has 1 fully saturated rings. The van der Waals surface area contributed by atoms with Gasteiger partial charge in [0.1, 0.15) is 11.9 Å². The second-order valence-corrected chi connectivity index (χ2v) is 5.88. The van der Waals surface area contributed by atoms with E-state index in [1.807, 2.05) is 25.1 Å². The monoisotopic (exact) mass is 311 g/mol. The maximum Gasteiger partial charge on any atom is 0.119 e. The summed E-state index contributed by atoms with van der Waals surface area (Å²) in [6.45, 7) is 4.76. The van der Waals surface area contributed by atoms with Crippen molar-refractivity contribution >= 4 is 0 Å². The number of hydrogen-bond donors (Lipinski definition) is 1. The number of hydrogen-bond acceptors (Lipinski definition) is 3. The molecule has 1 aliphatic rings. The lowest BCUT2D eigenvalue weighted by atomic mass is 10.00. The third kappa shape index (κ3) is 4.34. The van der Waals surface area contributed by atoms with E-state index in [0.717, 1.165) is 31.7 Å². The molecule has 1 heterocycles. The lowest BCUT2D eigenvalue weighted by molar-refractivity contribution is -0.00806. The van der Waals surface area contributed by atoms with Crippen molar-refractivity contribution in [2.24, 2.45) is 0 Å². The minimum Gasteiger partial charge on any atom is -0.494 e. The van der Waals surface area contributed by atoms with Crippen LogP contribution in [0.2, 0.25) is 0 Å². The molecule has 0 saturated carbocycles. The van der Waals surface area contributed by atoms with Crippen LogP contribution in [0.25, 0.3) is 0 Å². The Labute approximate surface area is 138 Å². The molecule has 1 aliphatic heterocycles. The van der Waals surface area contributed by atoms with Crippen LogP contribution in [0, 0.1) is 0 Å². The van der Waals surface area contributed by atoms with E-state index in [9.17, 15) is 0 Å². The Morgan fingerprint density at radius 1 is 0.957 bits per heavy atom. The molecule has 2 aromatic rings. The summed E-state index contributed by atoms with van der Waals surface area (Å²) in [5.74, 6) is 0.907. The predicted octanol–water partition coefficient (Wildman–Crippen LogP) is 3.94. The van der Waals surface area contributed by atoms with Crippen LogP contribution in [-0.4, -0.2) is 25.8 Å². The summed E-state index contributed by atoms with van der Waals surface area (Å²) >= 11 is 0. The summed E-state index contributed by atoms with van der Waals surface area (Å²) in [4.78, 5) is 0. The first-order valence-electron chi connectivity index (χ1n) is 8.50. The molecule has 0 bridgehead atoms. The van der Waals surface area contributed by atoms with E-state index in [4.69, 9.17) is 9.47 Å². The van der Waals surface area contributed by atoms with Gasteiger partial charge in [-0.25, -0.2) is 0 Å². The molecule has 1 unspecified atom stereocenters. The van der Waals surface area contributed by atoms with Gasteiger partial charge >= 0.3 is 0 Å². The maximum atomic E-state index is 6.48. The van der Waals surface area contributed by atoms with Crippen LogP contribution >= 0.6 is 0 Å². The van der Waals surface area contributed by atoms with E-state index < -0.39 is 0 Å². The number of rotatable bonds is 6. The molecule has 0 aromatic heterocycles. The molecule has 3 rings (SSSR count). The van der Waals surface area contributed by atoms with Crippen LogP contribution in [0.15, 0.2) is 54.6 Å². The van der Waals surface area contributed by atoms with Gasteiger partial charge in [-0.3, -0.25) is 0 Å². The van der Waals surface area contributed by atoms with Gasteiger partial charge in [-0.15, -0.1) is 0 Å². The Kier molecular flexibility index (Phi) is 5.67. The highest BCUT2D eigenvalue weighted by Gasteiger charge is 2.21. The highest BCUT2D eigenvalue weighted by Crippen LogP contribution is 2.30. The average molecular weight is 311 g/mol. The molecular weight excluding hydrogens is 286 g/mol. The molecule has 23 heavy (non-hydrogen) atoms. The van der Waals surface area contributed by atoms with Gasteiger partial charge in [-0.1, -0.05) is 42.5 Å². The summed E-state index contributed by atoms with van der Waals surface area (Å²) in [5.41, 5.74) is 2.38. The first-order chi connectivity index (χ1) is 11.4. The van der Waals surface area contributed by atoms with Gasteiger partial charge in [0.05, 0.1) is 12.7 Å². The van der Waals surface area contributed by atoms with Crippen LogP contribution in [-0.2, 0) is 4.74 Å². The van der Waals surface area contributed by atoms with Crippen LogP contribution < -0.4 is 10.1 Å². The summed E-state index contributed by atoms with van der Waals surface area (Å²) < 4.78 is 12.0. The van der Waals surface area contributed by atoms with E-state index in [-0.39, 0.29) is 6.10 Å². The Morgan fingerprint density at radius 2 is 1.61 bits per heavy atom. The third-order valence-corrected chi connectivity index (χ3v) is 4.21. The molecule has 122 valence electrons. The zero-order chi connectivity index (χ0) is 15.9. The fraction of sp³-hybridized carbons (Fsp3) is 0.400. The number of nitrogens with one attached hydrogen (secondary N) is 1. The topological polar surface area (TPSA) is 30.5 Å². The second kappa shape index (κ2) is 8.14. The van der Waals surface area contributed by atoms with Crippen molar-refractivity contribution in [2.45, 2.75) is 32.0 Å². The first kappa shape index (κ1) is 16.0. The van der Waals surface area contributed by atoms with Gasteiger partial charge in [-0.05, 0) is 56.1 Å². The van der Waals surface area contributed by atoms with E-state index >= 15 is 0 Å². The Bertz CT molecular complexity index is 576. The lowest BCUT2D eigenvalue weighted by Gasteiger charge is -2.28. The van der Waals surface area contributed by atoms with E-state index in [2.05, 4.69) is 41.7 Å². The van der Waals surface area contributed by atoms with Crippen LogP contribution in [0.3, 0.4) is 0 Å². The van der Waals surface area contributed by atoms with Crippen molar-refractivity contribution in [1.29, 1.82) is 0 Å². The molecule has 0 radical (unpaired) electrons. The molecule has 3 heteroatoms. The van der Waals surface area contributed by atoms with Gasteiger partial charge < -0.3 is 14.8 Å². The molecule has 0 aliphatic carbocycles. The zero-order valence-electron chi connectivity index (χ0n) is 13.7. The highest BCUT2D eigenvalue weighted by atomic mass is 16.5. The van der Waals surface area contributed by atoms with Crippen LogP contribution in [0.1, 0.15) is 37.0 Å². The van der Waals surface area contributed by atoms with Crippen molar-refractivity contribution in [3.63, 3.8) is 0 Å². The van der Waals surface area contributed by atoms with E-state index in [1.165, 1.54) is 11.1 Å². The molecule has 0 spiro atoms. The van der Waals surface area contributed by atoms with Gasteiger partial charge in [0, 0.05) is 0 Å². The normalized spacial score (nSPS) is 16.9. The van der Waals surface area contributed by atoms with Crippen LogP contribution in [0.4, 0.5) is 0 Å². The Morgan fingerprint density at radius 3 is 2.26 bits per heavy atom. The van der Waals surface area contributed by atoms with Crippen molar-refractivity contribution in [3.8, 4) is 5.75 Å². The van der Waals surface area contributed by atoms with Crippen LogP contribution in [0.5, 0.6) is 5.75 Å². The highest BCUT2D eigenvalue weighted by molar-refractivity contribution is 5.34. The van der Waals surface area contributed by atoms with Gasteiger partial charge in [0.2, 0.25) is 0 Å². The van der Waals surface area contributed by atoms with Gasteiger partial charge in [0.25, 0.3) is 0 Å². The van der Waals surface area contributed by atoms with E-state index in [1.54, 1.807) is 0 Å². The van der Waals surface area contributed by atoms with Crippen molar-refractivity contribution in [1.82, 2.24) is 5.32 Å². The standard InChI is InChI=1S/C20H25NO2/c1-2-22-18-10-8-17(9-11-18)20(16-6-4-3-5-7-16)23-19-12-14-21-15-13-19/h3-11,19-21H,2,12-15H2,1H3. The molecule has 1 N–H and O–H groups in total. The summed E-state index contributed by atoms with van der Waals surface area (Å²) in [6, 6.07) is 18.8. The second-order valence-electron chi connectivity index (χ2n) is 5.88. The third-order valence-electron chi connectivity index (χ3n) is 4.21.